The summed E-state index contributed by atoms with van der Waals surface area (Å²) in [7, 11) is 3.05. The Bertz CT molecular complexity index is 418. The van der Waals surface area contributed by atoms with Crippen molar-refractivity contribution in [2.75, 3.05) is 40.6 Å². The maximum Gasteiger partial charge on any atom is 0.339 e. The fraction of sp³-hybridized carbons (Fsp3) is 0.500. The van der Waals surface area contributed by atoms with Gasteiger partial charge in [0.15, 0.2) is 0 Å². The van der Waals surface area contributed by atoms with Gasteiger partial charge >= 0.3 is 5.97 Å². The van der Waals surface area contributed by atoms with Gasteiger partial charge in [-0.2, -0.15) is 0 Å². The van der Waals surface area contributed by atoms with E-state index >= 15 is 0 Å². The first kappa shape index (κ1) is 16.4. The van der Waals surface area contributed by atoms with E-state index in [1.54, 1.807) is 25.3 Å². The minimum atomic E-state index is -1.02. The lowest BCUT2D eigenvalue weighted by Crippen LogP contribution is -2.08. The molecule has 1 aromatic carbocycles. The molecule has 1 N–H and O–H groups in total. The minimum absolute atomic E-state index is 0.130. The minimum Gasteiger partial charge on any atom is -0.496 e. The van der Waals surface area contributed by atoms with Crippen LogP contribution in [-0.4, -0.2) is 51.7 Å². The number of ether oxygens (including phenoxy) is 4. The highest BCUT2D eigenvalue weighted by Gasteiger charge is 2.11. The van der Waals surface area contributed by atoms with Gasteiger partial charge in [0.25, 0.3) is 0 Å². The number of hydrogen-bond acceptors (Lipinski definition) is 5. The molecule has 20 heavy (non-hydrogen) atoms. The summed E-state index contributed by atoms with van der Waals surface area (Å²) in [6, 6.07) is 4.95. The standard InChI is InChI=1S/C14H20O6/c1-17-5-6-19-7-8-20-10-11-3-4-13(18-2)12(9-11)14(15)16/h3-4,9H,5-8,10H2,1-2H3,(H,15,16). The molecule has 1 aromatic rings. The van der Waals surface area contributed by atoms with Crippen molar-refractivity contribution in [3.05, 3.63) is 29.3 Å². The van der Waals surface area contributed by atoms with E-state index in [0.29, 0.717) is 38.8 Å². The second-order valence-corrected chi connectivity index (χ2v) is 4.00. The second-order valence-electron chi connectivity index (χ2n) is 4.00. The fourth-order valence-corrected chi connectivity index (χ4v) is 1.56. The Kier molecular flexibility index (Phi) is 7.64. The van der Waals surface area contributed by atoms with Crippen LogP contribution in [0, 0.1) is 0 Å². The van der Waals surface area contributed by atoms with Crippen LogP contribution in [-0.2, 0) is 20.8 Å². The number of methoxy groups -OCH3 is 2. The normalized spacial score (nSPS) is 10.5. The van der Waals surface area contributed by atoms with Crippen molar-refractivity contribution >= 4 is 5.97 Å². The molecule has 0 saturated heterocycles. The van der Waals surface area contributed by atoms with E-state index in [9.17, 15) is 4.79 Å². The van der Waals surface area contributed by atoms with E-state index in [-0.39, 0.29) is 5.56 Å². The van der Waals surface area contributed by atoms with E-state index in [4.69, 9.17) is 24.1 Å². The number of aromatic carboxylic acids is 1. The largest absolute Gasteiger partial charge is 0.496 e. The highest BCUT2D eigenvalue weighted by atomic mass is 16.5. The summed E-state index contributed by atoms with van der Waals surface area (Å²) < 4.78 is 20.5. The zero-order valence-electron chi connectivity index (χ0n) is 11.8. The topological polar surface area (TPSA) is 74.2 Å². The quantitative estimate of drug-likeness (QED) is 0.657. The van der Waals surface area contributed by atoms with E-state index in [2.05, 4.69) is 0 Å². The van der Waals surface area contributed by atoms with Gasteiger partial charge in [-0.05, 0) is 17.7 Å². The van der Waals surface area contributed by atoms with Crippen molar-refractivity contribution in [2.45, 2.75) is 6.61 Å². The fourth-order valence-electron chi connectivity index (χ4n) is 1.56. The lowest BCUT2D eigenvalue weighted by atomic mass is 10.1. The molecule has 0 amide bonds. The number of carboxylic acid groups (broad SMARTS) is 1. The molecule has 6 heteroatoms. The highest BCUT2D eigenvalue weighted by molar-refractivity contribution is 5.91. The molecule has 0 fully saturated rings. The van der Waals surface area contributed by atoms with Crippen LogP contribution in [0.4, 0.5) is 0 Å². The Morgan fingerprint density at radius 2 is 1.80 bits per heavy atom. The molecule has 112 valence electrons. The molecule has 0 spiro atoms. The smallest absolute Gasteiger partial charge is 0.339 e. The summed E-state index contributed by atoms with van der Waals surface area (Å²) >= 11 is 0. The molecule has 0 unspecified atom stereocenters. The molecule has 0 aliphatic rings. The van der Waals surface area contributed by atoms with Crippen LogP contribution >= 0.6 is 0 Å². The molecule has 0 aromatic heterocycles. The molecule has 6 nitrogen and oxygen atoms in total. The molecule has 0 radical (unpaired) electrons. The molecule has 0 saturated carbocycles. The summed E-state index contributed by atoms with van der Waals surface area (Å²) in [4.78, 5) is 11.1. The Morgan fingerprint density at radius 3 is 2.45 bits per heavy atom. The van der Waals surface area contributed by atoms with Gasteiger partial charge in [0.2, 0.25) is 0 Å². The van der Waals surface area contributed by atoms with Crippen LogP contribution in [0.5, 0.6) is 5.75 Å². The zero-order valence-corrected chi connectivity index (χ0v) is 11.8. The molecular weight excluding hydrogens is 264 g/mol. The van der Waals surface area contributed by atoms with Crippen LogP contribution in [0.1, 0.15) is 15.9 Å². The average Bonchev–Trinajstić information content (AvgIpc) is 2.46. The van der Waals surface area contributed by atoms with Crippen LogP contribution in [0.2, 0.25) is 0 Å². The van der Waals surface area contributed by atoms with Crippen molar-refractivity contribution < 1.29 is 28.8 Å². The second kappa shape index (κ2) is 9.30. The van der Waals surface area contributed by atoms with Crippen LogP contribution in [0.25, 0.3) is 0 Å². The first-order chi connectivity index (χ1) is 9.69. The number of carboxylic acids is 1. The van der Waals surface area contributed by atoms with Crippen LogP contribution in [0.3, 0.4) is 0 Å². The molecule has 0 aliphatic carbocycles. The van der Waals surface area contributed by atoms with E-state index < -0.39 is 5.97 Å². The van der Waals surface area contributed by atoms with Gasteiger partial charge in [0.05, 0.1) is 40.1 Å². The van der Waals surface area contributed by atoms with Crippen molar-refractivity contribution in [3.8, 4) is 5.75 Å². The van der Waals surface area contributed by atoms with Gasteiger partial charge in [-0.1, -0.05) is 6.07 Å². The summed E-state index contributed by atoms with van der Waals surface area (Å²) in [5.74, 6) is -0.684. The number of carbonyl (C=O) groups is 1. The van der Waals surface area contributed by atoms with Crippen molar-refractivity contribution in [2.24, 2.45) is 0 Å². The molecule has 0 aliphatic heterocycles. The number of hydrogen-bond donors (Lipinski definition) is 1. The third-order valence-corrected chi connectivity index (χ3v) is 2.57. The van der Waals surface area contributed by atoms with Crippen molar-refractivity contribution in [1.29, 1.82) is 0 Å². The molecule has 0 atom stereocenters. The lowest BCUT2D eigenvalue weighted by Gasteiger charge is -2.09. The van der Waals surface area contributed by atoms with Crippen LogP contribution < -0.4 is 4.74 Å². The molecule has 0 heterocycles. The first-order valence-electron chi connectivity index (χ1n) is 6.23. The lowest BCUT2D eigenvalue weighted by molar-refractivity contribution is 0.0199. The Balaban J connectivity index is 2.37. The third kappa shape index (κ3) is 5.56. The first-order valence-corrected chi connectivity index (χ1v) is 6.23. The van der Waals surface area contributed by atoms with Gasteiger partial charge in [0.1, 0.15) is 11.3 Å². The van der Waals surface area contributed by atoms with Gasteiger partial charge in [-0.3, -0.25) is 0 Å². The highest BCUT2D eigenvalue weighted by Crippen LogP contribution is 2.20. The van der Waals surface area contributed by atoms with Gasteiger partial charge in [-0.15, -0.1) is 0 Å². The van der Waals surface area contributed by atoms with Gasteiger partial charge < -0.3 is 24.1 Å². The summed E-state index contributed by atoms with van der Waals surface area (Å²) in [5, 5.41) is 9.06. The predicted octanol–water partition coefficient (Wildman–Crippen LogP) is 1.57. The van der Waals surface area contributed by atoms with E-state index in [1.807, 2.05) is 0 Å². The maximum absolute atomic E-state index is 11.1. The predicted molar refractivity (Wildman–Crippen MR) is 72.3 cm³/mol. The SMILES string of the molecule is COCCOCCOCc1ccc(OC)c(C(=O)O)c1. The number of rotatable bonds is 10. The maximum atomic E-state index is 11.1. The Morgan fingerprint density at radius 1 is 1.10 bits per heavy atom. The van der Waals surface area contributed by atoms with E-state index in [1.165, 1.54) is 7.11 Å². The van der Waals surface area contributed by atoms with E-state index in [0.717, 1.165) is 5.56 Å². The van der Waals surface area contributed by atoms with Gasteiger partial charge in [0, 0.05) is 7.11 Å². The van der Waals surface area contributed by atoms with Crippen LogP contribution in [0.15, 0.2) is 18.2 Å². The molecule has 0 bridgehead atoms. The summed E-state index contributed by atoms with van der Waals surface area (Å²) in [5.41, 5.74) is 0.907. The molecule has 1 rings (SSSR count). The van der Waals surface area contributed by atoms with Gasteiger partial charge in [-0.25, -0.2) is 4.79 Å². The monoisotopic (exact) mass is 284 g/mol. The summed E-state index contributed by atoms with van der Waals surface area (Å²) in [6.45, 7) is 2.34. The third-order valence-electron chi connectivity index (χ3n) is 2.57. The Hall–Kier alpha value is -1.63. The van der Waals surface area contributed by atoms with Crippen molar-refractivity contribution in [3.63, 3.8) is 0 Å². The summed E-state index contributed by atoms with van der Waals surface area (Å²) in [6.07, 6.45) is 0. The average molecular weight is 284 g/mol. The molecular formula is C14H20O6. The zero-order chi connectivity index (χ0) is 14.8. The Labute approximate surface area is 118 Å². The van der Waals surface area contributed by atoms with Crippen molar-refractivity contribution in [1.82, 2.24) is 0 Å². The number of benzene rings is 1.